The molecule has 2 heterocycles. The lowest BCUT2D eigenvalue weighted by Gasteiger charge is -2.14. The minimum atomic E-state index is -0.338. The molecule has 1 fully saturated rings. The zero-order chi connectivity index (χ0) is 14.0. The zero-order valence-corrected chi connectivity index (χ0v) is 11.7. The normalized spacial score (nSPS) is 19.8. The molecule has 0 radical (unpaired) electrons. The average Bonchev–Trinajstić information content (AvgIpc) is 2.85. The van der Waals surface area contributed by atoms with Crippen molar-refractivity contribution in [2.45, 2.75) is 39.3 Å². The molecule has 1 aromatic rings. The molecule has 0 amide bonds. The van der Waals surface area contributed by atoms with Crippen LogP contribution in [0.25, 0.3) is 0 Å². The molecule has 1 aromatic heterocycles. The Balaban J connectivity index is 2.27. The van der Waals surface area contributed by atoms with Crippen LogP contribution < -0.4 is 5.32 Å². The molecule has 1 saturated heterocycles. The molecule has 2 rings (SSSR count). The summed E-state index contributed by atoms with van der Waals surface area (Å²) >= 11 is 0. The van der Waals surface area contributed by atoms with Crippen LogP contribution in [-0.4, -0.2) is 45.8 Å². The molecular formula is C12H21N5O2. The van der Waals surface area contributed by atoms with E-state index in [1.165, 1.54) is 0 Å². The van der Waals surface area contributed by atoms with E-state index in [2.05, 4.69) is 22.4 Å². The number of nitrogens with one attached hydrogen (secondary N) is 1. The molecule has 0 aliphatic carbocycles. The van der Waals surface area contributed by atoms with E-state index in [4.69, 9.17) is 0 Å². The summed E-state index contributed by atoms with van der Waals surface area (Å²) in [5.74, 6) is 0.560. The SMILES string of the molecule is CCCn1nc(C)c([N+](=O)[O-])c1NC1CCN(C)C1. The van der Waals surface area contributed by atoms with E-state index in [1.807, 2.05) is 6.92 Å². The van der Waals surface area contributed by atoms with Gasteiger partial charge in [-0.2, -0.15) is 5.10 Å². The molecule has 1 N–H and O–H groups in total. The molecule has 1 aliphatic heterocycles. The summed E-state index contributed by atoms with van der Waals surface area (Å²) in [7, 11) is 2.06. The first kappa shape index (κ1) is 13.8. The minimum Gasteiger partial charge on any atom is -0.360 e. The predicted octanol–water partition coefficient (Wildman–Crippen LogP) is 1.63. The van der Waals surface area contributed by atoms with Gasteiger partial charge in [0, 0.05) is 19.1 Å². The van der Waals surface area contributed by atoms with Gasteiger partial charge in [-0.05, 0) is 33.4 Å². The van der Waals surface area contributed by atoms with Crippen LogP contribution in [0.1, 0.15) is 25.5 Å². The highest BCUT2D eigenvalue weighted by Crippen LogP contribution is 2.30. The second-order valence-corrected chi connectivity index (χ2v) is 5.16. The number of nitro groups is 1. The predicted molar refractivity (Wildman–Crippen MR) is 73.4 cm³/mol. The summed E-state index contributed by atoms with van der Waals surface area (Å²) in [6, 6.07) is 0.260. The van der Waals surface area contributed by atoms with Crippen molar-refractivity contribution < 1.29 is 4.92 Å². The third-order valence-corrected chi connectivity index (χ3v) is 3.45. The fraction of sp³-hybridized carbons (Fsp3) is 0.750. The second kappa shape index (κ2) is 5.56. The van der Waals surface area contributed by atoms with Crippen LogP contribution in [0.5, 0.6) is 0 Å². The van der Waals surface area contributed by atoms with E-state index in [1.54, 1.807) is 11.6 Å². The molecule has 1 atom stereocenters. The number of likely N-dealkylation sites (tertiary alicyclic amines) is 1. The summed E-state index contributed by atoms with van der Waals surface area (Å²) in [5.41, 5.74) is 0.593. The van der Waals surface area contributed by atoms with Crippen molar-refractivity contribution in [3.8, 4) is 0 Å². The van der Waals surface area contributed by atoms with Crippen LogP contribution in [0.4, 0.5) is 11.5 Å². The van der Waals surface area contributed by atoms with E-state index in [0.717, 1.165) is 25.9 Å². The smallest absolute Gasteiger partial charge is 0.333 e. The van der Waals surface area contributed by atoms with Crippen molar-refractivity contribution >= 4 is 11.5 Å². The quantitative estimate of drug-likeness (QED) is 0.648. The van der Waals surface area contributed by atoms with Gasteiger partial charge in [0.15, 0.2) is 0 Å². The van der Waals surface area contributed by atoms with Crippen LogP contribution in [0.2, 0.25) is 0 Å². The Labute approximate surface area is 112 Å². The number of rotatable bonds is 5. The Bertz CT molecular complexity index is 471. The third-order valence-electron chi connectivity index (χ3n) is 3.45. The lowest BCUT2D eigenvalue weighted by molar-refractivity contribution is -0.384. The first-order valence-electron chi connectivity index (χ1n) is 6.69. The van der Waals surface area contributed by atoms with Crippen molar-refractivity contribution in [2.24, 2.45) is 0 Å². The highest BCUT2D eigenvalue weighted by Gasteiger charge is 2.28. The lowest BCUT2D eigenvalue weighted by Crippen LogP contribution is -2.25. The largest absolute Gasteiger partial charge is 0.360 e. The standard InChI is InChI=1S/C12H21N5O2/c1-4-6-16-12(11(17(18)19)9(2)14-16)13-10-5-7-15(3)8-10/h10,13H,4-8H2,1-3H3. The van der Waals surface area contributed by atoms with Gasteiger partial charge < -0.3 is 10.2 Å². The first-order valence-corrected chi connectivity index (χ1v) is 6.69. The van der Waals surface area contributed by atoms with Crippen LogP contribution in [-0.2, 0) is 6.54 Å². The molecular weight excluding hydrogens is 246 g/mol. The summed E-state index contributed by atoms with van der Waals surface area (Å²) < 4.78 is 1.73. The van der Waals surface area contributed by atoms with Crippen LogP contribution in [0.3, 0.4) is 0 Å². The molecule has 19 heavy (non-hydrogen) atoms. The molecule has 7 nitrogen and oxygen atoms in total. The van der Waals surface area contributed by atoms with Gasteiger partial charge in [0.1, 0.15) is 5.69 Å². The summed E-state index contributed by atoms with van der Waals surface area (Å²) in [6.45, 7) is 6.35. The van der Waals surface area contributed by atoms with Crippen molar-refractivity contribution in [3.05, 3.63) is 15.8 Å². The highest BCUT2D eigenvalue weighted by molar-refractivity contribution is 5.60. The topological polar surface area (TPSA) is 76.2 Å². The third kappa shape index (κ3) is 2.86. The van der Waals surface area contributed by atoms with Gasteiger partial charge in [-0.25, -0.2) is 4.68 Å². The number of aryl methyl sites for hydroxylation is 2. The van der Waals surface area contributed by atoms with E-state index in [-0.39, 0.29) is 16.7 Å². The fourth-order valence-electron chi connectivity index (χ4n) is 2.55. The van der Waals surface area contributed by atoms with Gasteiger partial charge in [-0.1, -0.05) is 6.92 Å². The number of aromatic nitrogens is 2. The Hall–Kier alpha value is -1.63. The maximum atomic E-state index is 11.2. The Morgan fingerprint density at radius 2 is 2.32 bits per heavy atom. The number of likely N-dealkylation sites (N-methyl/N-ethyl adjacent to an activating group) is 1. The molecule has 0 saturated carbocycles. The molecule has 0 bridgehead atoms. The first-order chi connectivity index (χ1) is 9.02. The number of hydrogen-bond acceptors (Lipinski definition) is 5. The zero-order valence-electron chi connectivity index (χ0n) is 11.7. The van der Waals surface area contributed by atoms with E-state index in [0.29, 0.717) is 18.1 Å². The number of nitrogens with zero attached hydrogens (tertiary/aromatic N) is 4. The van der Waals surface area contributed by atoms with Gasteiger partial charge in [0.2, 0.25) is 5.82 Å². The monoisotopic (exact) mass is 267 g/mol. The Kier molecular flexibility index (Phi) is 4.04. The Morgan fingerprint density at radius 1 is 1.58 bits per heavy atom. The maximum Gasteiger partial charge on any atom is 0.333 e. The van der Waals surface area contributed by atoms with E-state index >= 15 is 0 Å². The molecule has 1 aliphatic rings. The molecule has 106 valence electrons. The highest BCUT2D eigenvalue weighted by atomic mass is 16.6. The van der Waals surface area contributed by atoms with Gasteiger partial charge in [0.05, 0.1) is 4.92 Å². The fourth-order valence-corrected chi connectivity index (χ4v) is 2.55. The molecule has 7 heteroatoms. The molecule has 1 unspecified atom stereocenters. The van der Waals surface area contributed by atoms with Crippen molar-refractivity contribution in [3.63, 3.8) is 0 Å². The van der Waals surface area contributed by atoms with Crippen molar-refractivity contribution in [1.82, 2.24) is 14.7 Å². The van der Waals surface area contributed by atoms with Crippen molar-refractivity contribution in [1.29, 1.82) is 0 Å². The van der Waals surface area contributed by atoms with Crippen LogP contribution in [0.15, 0.2) is 0 Å². The van der Waals surface area contributed by atoms with E-state index in [9.17, 15) is 10.1 Å². The Morgan fingerprint density at radius 3 is 2.84 bits per heavy atom. The van der Waals surface area contributed by atoms with E-state index < -0.39 is 0 Å². The number of hydrogen-bond donors (Lipinski definition) is 1. The maximum absolute atomic E-state index is 11.2. The summed E-state index contributed by atoms with van der Waals surface area (Å²) in [4.78, 5) is 13.1. The van der Waals surface area contributed by atoms with Crippen molar-refractivity contribution in [2.75, 3.05) is 25.5 Å². The van der Waals surface area contributed by atoms with Gasteiger partial charge in [0.25, 0.3) is 0 Å². The average molecular weight is 267 g/mol. The summed E-state index contributed by atoms with van der Waals surface area (Å²) in [6.07, 6.45) is 1.90. The van der Waals surface area contributed by atoms with Gasteiger partial charge >= 0.3 is 5.69 Å². The minimum absolute atomic E-state index is 0.114. The van der Waals surface area contributed by atoms with Gasteiger partial charge in [-0.3, -0.25) is 10.1 Å². The summed E-state index contributed by atoms with van der Waals surface area (Å²) in [5, 5.41) is 18.8. The molecule has 0 spiro atoms. The number of anilines is 1. The lowest BCUT2D eigenvalue weighted by atomic mass is 10.2. The molecule has 0 aromatic carbocycles. The van der Waals surface area contributed by atoms with Crippen LogP contribution in [0, 0.1) is 17.0 Å². The van der Waals surface area contributed by atoms with Gasteiger partial charge in [-0.15, -0.1) is 0 Å². The van der Waals surface area contributed by atoms with Crippen LogP contribution >= 0.6 is 0 Å². The second-order valence-electron chi connectivity index (χ2n) is 5.16.